The van der Waals surface area contributed by atoms with Crippen molar-refractivity contribution in [2.45, 2.75) is 26.7 Å². The maximum absolute atomic E-state index is 11.7. The van der Waals surface area contributed by atoms with Crippen molar-refractivity contribution in [2.75, 3.05) is 19.0 Å². The molecule has 1 aromatic carbocycles. The molecular formula is C15H21NO3. The van der Waals surface area contributed by atoms with E-state index in [4.69, 9.17) is 4.74 Å². The van der Waals surface area contributed by atoms with Crippen molar-refractivity contribution in [3.05, 3.63) is 23.8 Å². The number of nitrogens with one attached hydrogen (secondary N) is 1. The molecule has 2 N–H and O–H groups in total. The highest BCUT2D eigenvalue weighted by molar-refractivity contribution is 5.75. The van der Waals surface area contributed by atoms with E-state index < -0.39 is 5.41 Å². The van der Waals surface area contributed by atoms with Crippen LogP contribution in [0.4, 0.5) is 5.69 Å². The molecule has 1 heterocycles. The lowest BCUT2D eigenvalue weighted by atomic mass is 9.79. The van der Waals surface area contributed by atoms with E-state index in [2.05, 4.69) is 5.32 Å². The number of carbonyl (C=O) groups is 1. The highest BCUT2D eigenvalue weighted by Gasteiger charge is 2.33. The summed E-state index contributed by atoms with van der Waals surface area (Å²) in [6.45, 7) is 4.66. The van der Waals surface area contributed by atoms with Crippen LogP contribution < -0.4 is 5.32 Å². The monoisotopic (exact) mass is 263 g/mol. The average Bonchev–Trinajstić information content (AvgIpc) is 2.37. The van der Waals surface area contributed by atoms with E-state index >= 15 is 0 Å². The molecule has 0 spiro atoms. The fourth-order valence-electron chi connectivity index (χ4n) is 2.77. The Bertz CT molecular complexity index is 482. The van der Waals surface area contributed by atoms with Gasteiger partial charge in [0.1, 0.15) is 5.75 Å². The van der Waals surface area contributed by atoms with Crippen LogP contribution in [0.1, 0.15) is 25.8 Å². The lowest BCUT2D eigenvalue weighted by Gasteiger charge is -2.31. The van der Waals surface area contributed by atoms with Gasteiger partial charge in [-0.05, 0) is 44.2 Å². The summed E-state index contributed by atoms with van der Waals surface area (Å²) < 4.78 is 4.85. The van der Waals surface area contributed by atoms with Crippen LogP contribution in [-0.2, 0) is 16.0 Å². The summed E-state index contributed by atoms with van der Waals surface area (Å²) in [7, 11) is 1.43. The summed E-state index contributed by atoms with van der Waals surface area (Å²) in [5.41, 5.74) is 1.72. The summed E-state index contributed by atoms with van der Waals surface area (Å²) in [4.78, 5) is 11.7. The van der Waals surface area contributed by atoms with Gasteiger partial charge in [-0.25, -0.2) is 0 Å². The predicted molar refractivity (Wildman–Crippen MR) is 74.2 cm³/mol. The summed E-state index contributed by atoms with van der Waals surface area (Å²) in [5, 5.41) is 12.8. The highest BCUT2D eigenvalue weighted by atomic mass is 16.5. The number of rotatable bonds is 3. The second-order valence-electron chi connectivity index (χ2n) is 5.87. The predicted octanol–water partition coefficient (Wildman–Crippen LogP) is 2.57. The third-order valence-corrected chi connectivity index (χ3v) is 3.72. The first-order valence-electron chi connectivity index (χ1n) is 6.56. The Kier molecular flexibility index (Phi) is 3.69. The van der Waals surface area contributed by atoms with Crippen molar-refractivity contribution in [1.29, 1.82) is 0 Å². The molecule has 0 saturated carbocycles. The van der Waals surface area contributed by atoms with Crippen LogP contribution in [0.2, 0.25) is 0 Å². The molecule has 1 aliphatic heterocycles. The second kappa shape index (κ2) is 5.11. The number of hydrogen-bond acceptors (Lipinski definition) is 4. The fraction of sp³-hybridized carbons (Fsp3) is 0.533. The zero-order chi connectivity index (χ0) is 14.0. The van der Waals surface area contributed by atoms with E-state index in [9.17, 15) is 9.90 Å². The minimum atomic E-state index is -0.463. The van der Waals surface area contributed by atoms with Crippen LogP contribution in [0, 0.1) is 11.3 Å². The van der Waals surface area contributed by atoms with Gasteiger partial charge in [0.2, 0.25) is 0 Å². The number of hydrogen-bond donors (Lipinski definition) is 2. The summed E-state index contributed by atoms with van der Waals surface area (Å²) in [6.07, 6.45) is 1.70. The fourth-order valence-corrected chi connectivity index (χ4v) is 2.77. The van der Waals surface area contributed by atoms with Crippen LogP contribution in [0.5, 0.6) is 5.75 Å². The number of aromatic hydroxyl groups is 1. The number of methoxy groups -OCH3 is 1. The third-order valence-electron chi connectivity index (χ3n) is 3.72. The van der Waals surface area contributed by atoms with Crippen LogP contribution in [0.3, 0.4) is 0 Å². The van der Waals surface area contributed by atoms with Gasteiger partial charge in [0.05, 0.1) is 12.5 Å². The zero-order valence-electron chi connectivity index (χ0n) is 11.7. The first-order chi connectivity index (χ1) is 8.92. The van der Waals surface area contributed by atoms with Crippen molar-refractivity contribution < 1.29 is 14.6 Å². The van der Waals surface area contributed by atoms with Gasteiger partial charge in [0.15, 0.2) is 0 Å². The maximum atomic E-state index is 11.7. The number of carbonyl (C=O) groups excluding carboxylic acids is 1. The van der Waals surface area contributed by atoms with E-state index in [1.54, 1.807) is 12.1 Å². The molecule has 0 radical (unpaired) electrons. The highest BCUT2D eigenvalue weighted by Crippen LogP contribution is 2.34. The van der Waals surface area contributed by atoms with Crippen molar-refractivity contribution in [3.8, 4) is 5.75 Å². The Hall–Kier alpha value is -1.71. The van der Waals surface area contributed by atoms with Gasteiger partial charge in [-0.1, -0.05) is 6.07 Å². The molecule has 0 unspecified atom stereocenters. The molecule has 19 heavy (non-hydrogen) atoms. The zero-order valence-corrected chi connectivity index (χ0v) is 11.7. The van der Waals surface area contributed by atoms with Gasteiger partial charge in [0, 0.05) is 18.3 Å². The lowest BCUT2D eigenvalue weighted by molar-refractivity contribution is -0.151. The lowest BCUT2D eigenvalue weighted by Crippen LogP contribution is -2.33. The Morgan fingerprint density at radius 3 is 2.95 bits per heavy atom. The molecule has 0 aromatic heterocycles. The first kappa shape index (κ1) is 13.7. The molecule has 2 rings (SSSR count). The second-order valence-corrected chi connectivity index (χ2v) is 5.87. The normalized spacial score (nSPS) is 18.4. The first-order valence-corrected chi connectivity index (χ1v) is 6.56. The standard InChI is InChI=1S/C15H21NO3/c1-15(2,14(18)19-3)8-10-6-11-4-5-12(17)7-13(11)16-9-10/h4-5,7,10,16-17H,6,8-9H2,1-3H3/t10-/m0/s1. The number of phenolic OH excluding ortho intramolecular Hbond substituents is 1. The maximum Gasteiger partial charge on any atom is 0.311 e. The van der Waals surface area contributed by atoms with Crippen LogP contribution in [0.15, 0.2) is 18.2 Å². The molecule has 1 aromatic rings. The molecule has 0 amide bonds. The number of anilines is 1. The largest absolute Gasteiger partial charge is 0.508 e. The van der Waals surface area contributed by atoms with Crippen molar-refractivity contribution >= 4 is 11.7 Å². The molecule has 0 saturated heterocycles. The summed E-state index contributed by atoms with van der Waals surface area (Å²) in [5.74, 6) is 0.509. The number of esters is 1. The summed E-state index contributed by atoms with van der Waals surface area (Å²) in [6, 6.07) is 5.39. The van der Waals surface area contributed by atoms with E-state index in [1.165, 1.54) is 12.7 Å². The van der Waals surface area contributed by atoms with Crippen LogP contribution in [-0.4, -0.2) is 24.7 Å². The van der Waals surface area contributed by atoms with E-state index in [0.717, 1.165) is 25.1 Å². The molecule has 4 nitrogen and oxygen atoms in total. The minimum Gasteiger partial charge on any atom is -0.508 e. The SMILES string of the molecule is COC(=O)C(C)(C)C[C@H]1CNc2cc(O)ccc2C1. The average molecular weight is 263 g/mol. The Morgan fingerprint density at radius 2 is 2.26 bits per heavy atom. The van der Waals surface area contributed by atoms with Crippen molar-refractivity contribution in [2.24, 2.45) is 11.3 Å². The van der Waals surface area contributed by atoms with E-state index in [0.29, 0.717) is 5.92 Å². The van der Waals surface area contributed by atoms with Gasteiger partial charge in [-0.15, -0.1) is 0 Å². The number of fused-ring (bicyclic) bond motifs is 1. The Balaban J connectivity index is 2.06. The molecule has 0 fully saturated rings. The van der Waals surface area contributed by atoms with Gasteiger partial charge < -0.3 is 15.2 Å². The summed E-state index contributed by atoms with van der Waals surface area (Å²) >= 11 is 0. The van der Waals surface area contributed by atoms with Crippen molar-refractivity contribution in [1.82, 2.24) is 0 Å². The Labute approximate surface area is 113 Å². The van der Waals surface area contributed by atoms with Gasteiger partial charge in [-0.2, -0.15) is 0 Å². The third kappa shape index (κ3) is 3.00. The number of benzene rings is 1. The quantitative estimate of drug-likeness (QED) is 0.823. The smallest absolute Gasteiger partial charge is 0.311 e. The molecule has 0 aliphatic carbocycles. The van der Waals surface area contributed by atoms with E-state index in [1.807, 2.05) is 19.9 Å². The van der Waals surface area contributed by atoms with Gasteiger partial charge >= 0.3 is 5.97 Å². The topological polar surface area (TPSA) is 58.6 Å². The molecule has 1 aliphatic rings. The van der Waals surface area contributed by atoms with E-state index in [-0.39, 0.29) is 11.7 Å². The van der Waals surface area contributed by atoms with Crippen molar-refractivity contribution in [3.63, 3.8) is 0 Å². The number of phenols is 1. The van der Waals surface area contributed by atoms with Crippen LogP contribution in [0.25, 0.3) is 0 Å². The molecule has 4 heteroatoms. The molecule has 0 bridgehead atoms. The Morgan fingerprint density at radius 1 is 1.53 bits per heavy atom. The molecule has 1 atom stereocenters. The minimum absolute atomic E-state index is 0.163. The number of ether oxygens (including phenoxy) is 1. The molecule has 104 valence electrons. The van der Waals surface area contributed by atoms with Gasteiger partial charge in [0.25, 0.3) is 0 Å². The van der Waals surface area contributed by atoms with Crippen LogP contribution >= 0.6 is 0 Å². The molecular weight excluding hydrogens is 242 g/mol. The van der Waals surface area contributed by atoms with Gasteiger partial charge in [-0.3, -0.25) is 4.79 Å².